The first kappa shape index (κ1) is 16.7. The van der Waals surface area contributed by atoms with Gasteiger partial charge < -0.3 is 19.5 Å². The molecule has 1 N–H and O–H groups in total. The molecule has 0 saturated heterocycles. The van der Waals surface area contributed by atoms with E-state index in [0.29, 0.717) is 24.7 Å². The molecule has 5 nitrogen and oxygen atoms in total. The summed E-state index contributed by atoms with van der Waals surface area (Å²) in [5, 5.41) is 2.62. The van der Waals surface area contributed by atoms with Crippen LogP contribution in [0.2, 0.25) is 0 Å². The molecule has 1 amide bonds. The zero-order valence-corrected chi connectivity index (χ0v) is 13.1. The lowest BCUT2D eigenvalue weighted by molar-refractivity contribution is -0.120. The molecule has 0 heterocycles. The van der Waals surface area contributed by atoms with E-state index in [9.17, 15) is 4.79 Å². The second kappa shape index (κ2) is 8.71. The maximum atomic E-state index is 11.9. The smallest absolute Gasteiger partial charge is 0.233 e. The standard InChI is InChI=1S/C14H21NO4S/c1-10(14(16)15-7-8-17-2)20-11-5-6-12(18-3)13(9-11)19-4/h5-6,9-10H,7-8H2,1-4H3,(H,15,16). The van der Waals surface area contributed by atoms with Gasteiger partial charge in [0.05, 0.1) is 26.1 Å². The van der Waals surface area contributed by atoms with Crippen LogP contribution in [-0.4, -0.2) is 45.6 Å². The number of carbonyl (C=O) groups is 1. The minimum Gasteiger partial charge on any atom is -0.493 e. The molecular formula is C14H21NO4S. The minimum absolute atomic E-state index is 0.0122. The molecule has 0 radical (unpaired) electrons. The van der Waals surface area contributed by atoms with Gasteiger partial charge in [0.2, 0.25) is 5.91 Å². The van der Waals surface area contributed by atoms with Crippen molar-refractivity contribution >= 4 is 17.7 Å². The van der Waals surface area contributed by atoms with Gasteiger partial charge in [-0.05, 0) is 25.1 Å². The number of hydrogen-bond donors (Lipinski definition) is 1. The van der Waals surface area contributed by atoms with Crippen LogP contribution < -0.4 is 14.8 Å². The number of methoxy groups -OCH3 is 3. The molecule has 0 fully saturated rings. The Morgan fingerprint density at radius 1 is 1.25 bits per heavy atom. The van der Waals surface area contributed by atoms with Gasteiger partial charge in [0.1, 0.15) is 0 Å². The van der Waals surface area contributed by atoms with E-state index in [0.717, 1.165) is 4.90 Å². The summed E-state index contributed by atoms with van der Waals surface area (Å²) in [4.78, 5) is 12.8. The number of amides is 1. The van der Waals surface area contributed by atoms with Gasteiger partial charge in [0, 0.05) is 18.6 Å². The third-order valence-electron chi connectivity index (χ3n) is 2.64. The lowest BCUT2D eigenvalue weighted by Gasteiger charge is -2.13. The fourth-order valence-electron chi connectivity index (χ4n) is 1.57. The minimum atomic E-state index is -0.190. The van der Waals surface area contributed by atoms with Crippen molar-refractivity contribution in [2.45, 2.75) is 17.1 Å². The molecule has 1 rings (SSSR count). The Hall–Kier alpha value is -1.40. The van der Waals surface area contributed by atoms with Crippen LogP contribution in [0.25, 0.3) is 0 Å². The average molecular weight is 299 g/mol. The van der Waals surface area contributed by atoms with Crippen LogP contribution in [0.15, 0.2) is 23.1 Å². The van der Waals surface area contributed by atoms with Crippen LogP contribution in [0.1, 0.15) is 6.92 Å². The molecule has 1 atom stereocenters. The van der Waals surface area contributed by atoms with Crippen molar-refractivity contribution in [1.29, 1.82) is 0 Å². The first-order chi connectivity index (χ1) is 9.62. The molecule has 0 spiro atoms. The molecule has 0 saturated carbocycles. The highest BCUT2D eigenvalue weighted by Crippen LogP contribution is 2.33. The molecule has 1 unspecified atom stereocenters. The van der Waals surface area contributed by atoms with Crippen LogP contribution in [0.3, 0.4) is 0 Å². The van der Waals surface area contributed by atoms with Crippen LogP contribution in [-0.2, 0) is 9.53 Å². The van der Waals surface area contributed by atoms with Crippen molar-refractivity contribution in [2.24, 2.45) is 0 Å². The maximum absolute atomic E-state index is 11.9. The van der Waals surface area contributed by atoms with Gasteiger partial charge in [-0.25, -0.2) is 0 Å². The summed E-state index contributed by atoms with van der Waals surface area (Å²) in [5.74, 6) is 1.32. The number of nitrogens with one attached hydrogen (secondary N) is 1. The van der Waals surface area contributed by atoms with Crippen LogP contribution in [0.5, 0.6) is 11.5 Å². The number of thioether (sulfide) groups is 1. The number of benzene rings is 1. The fraction of sp³-hybridized carbons (Fsp3) is 0.500. The monoisotopic (exact) mass is 299 g/mol. The SMILES string of the molecule is COCCNC(=O)C(C)Sc1ccc(OC)c(OC)c1. The van der Waals surface area contributed by atoms with Crippen LogP contribution >= 0.6 is 11.8 Å². The van der Waals surface area contributed by atoms with Crippen LogP contribution in [0.4, 0.5) is 0 Å². The summed E-state index contributed by atoms with van der Waals surface area (Å²) in [6.07, 6.45) is 0. The molecule has 0 aliphatic carbocycles. The van der Waals surface area contributed by atoms with E-state index < -0.39 is 0 Å². The first-order valence-electron chi connectivity index (χ1n) is 6.27. The van der Waals surface area contributed by atoms with Crippen molar-refractivity contribution in [3.8, 4) is 11.5 Å². The van der Waals surface area contributed by atoms with Crippen molar-refractivity contribution in [2.75, 3.05) is 34.5 Å². The second-order valence-corrected chi connectivity index (χ2v) is 5.47. The van der Waals surface area contributed by atoms with Gasteiger partial charge in [-0.2, -0.15) is 0 Å². The van der Waals surface area contributed by atoms with Crippen molar-refractivity contribution in [3.63, 3.8) is 0 Å². The Morgan fingerprint density at radius 2 is 1.95 bits per heavy atom. The van der Waals surface area contributed by atoms with Gasteiger partial charge in [-0.15, -0.1) is 11.8 Å². The summed E-state index contributed by atoms with van der Waals surface area (Å²) in [6.45, 7) is 2.90. The molecule has 0 aromatic heterocycles. The molecule has 0 aliphatic heterocycles. The predicted molar refractivity (Wildman–Crippen MR) is 79.8 cm³/mol. The van der Waals surface area contributed by atoms with Crippen molar-refractivity contribution < 1.29 is 19.0 Å². The van der Waals surface area contributed by atoms with E-state index >= 15 is 0 Å². The number of rotatable bonds is 8. The Morgan fingerprint density at radius 3 is 2.55 bits per heavy atom. The zero-order valence-electron chi connectivity index (χ0n) is 12.3. The normalized spacial score (nSPS) is 11.8. The largest absolute Gasteiger partial charge is 0.493 e. The summed E-state index contributed by atoms with van der Waals surface area (Å²) in [5.41, 5.74) is 0. The van der Waals surface area contributed by atoms with E-state index in [4.69, 9.17) is 14.2 Å². The van der Waals surface area contributed by atoms with Gasteiger partial charge in [-0.1, -0.05) is 0 Å². The van der Waals surface area contributed by atoms with Crippen molar-refractivity contribution in [1.82, 2.24) is 5.32 Å². The number of ether oxygens (including phenoxy) is 3. The fourth-order valence-corrected chi connectivity index (χ4v) is 2.49. The topological polar surface area (TPSA) is 56.8 Å². The zero-order chi connectivity index (χ0) is 15.0. The first-order valence-corrected chi connectivity index (χ1v) is 7.15. The summed E-state index contributed by atoms with van der Waals surface area (Å²) >= 11 is 1.47. The highest BCUT2D eigenvalue weighted by Gasteiger charge is 2.15. The molecule has 6 heteroatoms. The van der Waals surface area contributed by atoms with E-state index in [1.54, 1.807) is 21.3 Å². The Balaban J connectivity index is 2.61. The third-order valence-corrected chi connectivity index (χ3v) is 3.74. The van der Waals surface area contributed by atoms with E-state index in [1.165, 1.54) is 11.8 Å². The summed E-state index contributed by atoms with van der Waals surface area (Å²) in [6, 6.07) is 5.60. The number of hydrogen-bond acceptors (Lipinski definition) is 5. The lowest BCUT2D eigenvalue weighted by Crippen LogP contribution is -2.33. The molecule has 1 aromatic rings. The maximum Gasteiger partial charge on any atom is 0.233 e. The van der Waals surface area contributed by atoms with E-state index in [1.807, 2.05) is 25.1 Å². The van der Waals surface area contributed by atoms with Crippen LogP contribution in [0, 0.1) is 0 Å². The molecular weight excluding hydrogens is 278 g/mol. The number of carbonyl (C=O) groups excluding carboxylic acids is 1. The molecule has 20 heavy (non-hydrogen) atoms. The molecule has 1 aromatic carbocycles. The Kier molecular flexibility index (Phi) is 7.25. The van der Waals surface area contributed by atoms with Gasteiger partial charge in [0.25, 0.3) is 0 Å². The van der Waals surface area contributed by atoms with Crippen molar-refractivity contribution in [3.05, 3.63) is 18.2 Å². The summed E-state index contributed by atoms with van der Waals surface area (Å²) < 4.78 is 15.3. The summed E-state index contributed by atoms with van der Waals surface area (Å²) in [7, 11) is 4.79. The molecule has 0 aliphatic rings. The quantitative estimate of drug-likeness (QED) is 0.587. The van der Waals surface area contributed by atoms with E-state index in [2.05, 4.69) is 5.32 Å². The Labute approximate surface area is 124 Å². The van der Waals surface area contributed by atoms with E-state index in [-0.39, 0.29) is 11.2 Å². The Bertz CT molecular complexity index is 439. The predicted octanol–water partition coefficient (Wildman–Crippen LogP) is 1.95. The lowest BCUT2D eigenvalue weighted by atomic mass is 10.3. The highest BCUT2D eigenvalue weighted by molar-refractivity contribution is 8.00. The third kappa shape index (κ3) is 4.94. The molecule has 0 bridgehead atoms. The molecule has 112 valence electrons. The van der Waals surface area contributed by atoms with Gasteiger partial charge in [-0.3, -0.25) is 4.79 Å². The average Bonchev–Trinajstić information content (AvgIpc) is 2.47. The van der Waals surface area contributed by atoms with Gasteiger partial charge in [0.15, 0.2) is 11.5 Å². The van der Waals surface area contributed by atoms with Gasteiger partial charge >= 0.3 is 0 Å². The second-order valence-electron chi connectivity index (χ2n) is 4.06. The highest BCUT2D eigenvalue weighted by atomic mass is 32.2.